The molecule has 0 bridgehead atoms. The number of hydrogen-bond donors (Lipinski definition) is 0. The van der Waals surface area contributed by atoms with E-state index < -0.39 is 0 Å². The van der Waals surface area contributed by atoms with Gasteiger partial charge in [-0.1, -0.05) is 64.5 Å². The van der Waals surface area contributed by atoms with Crippen molar-refractivity contribution in [2.45, 2.75) is 136 Å². The normalized spacial score (nSPS) is 31.9. The van der Waals surface area contributed by atoms with Crippen LogP contribution in [0.2, 0.25) is 0 Å². The Morgan fingerprint density at radius 2 is 1.23 bits per heavy atom. The molecule has 1 nitrogen and oxygen atoms in total. The molecule has 0 radical (unpaired) electrons. The summed E-state index contributed by atoms with van der Waals surface area (Å²) in [5, 5.41) is 0. The van der Waals surface area contributed by atoms with Crippen LogP contribution >= 0.6 is 0 Å². The first kappa shape index (κ1) is 26.9. The summed E-state index contributed by atoms with van der Waals surface area (Å²) < 4.78 is 15.4. The fourth-order valence-electron chi connectivity index (χ4n) is 8.09. The van der Waals surface area contributed by atoms with Crippen molar-refractivity contribution in [3.8, 4) is 0 Å². The monoisotopic (exact) mass is 482 g/mol. The van der Waals surface area contributed by atoms with Crippen LogP contribution in [0, 0.1) is 42.3 Å². The summed E-state index contributed by atoms with van der Waals surface area (Å²) >= 11 is 0. The van der Waals surface area contributed by atoms with Crippen LogP contribution < -0.4 is 0 Å². The maximum atomic E-state index is 15.4. The molecule has 0 amide bonds. The molecule has 3 fully saturated rings. The van der Waals surface area contributed by atoms with Gasteiger partial charge in [-0.25, -0.2) is 4.39 Å². The van der Waals surface area contributed by atoms with Crippen molar-refractivity contribution in [1.82, 2.24) is 0 Å². The van der Waals surface area contributed by atoms with Gasteiger partial charge in [-0.2, -0.15) is 0 Å². The zero-order valence-electron chi connectivity index (χ0n) is 22.9. The van der Waals surface area contributed by atoms with Crippen LogP contribution in [0.3, 0.4) is 0 Å². The molecule has 4 rings (SSSR count). The van der Waals surface area contributed by atoms with E-state index in [0.29, 0.717) is 29.4 Å². The van der Waals surface area contributed by atoms with Gasteiger partial charge in [0, 0.05) is 12.0 Å². The summed E-state index contributed by atoms with van der Waals surface area (Å²) in [6.07, 6.45) is 21.3. The summed E-state index contributed by atoms with van der Waals surface area (Å²) in [4.78, 5) is 13.2. The summed E-state index contributed by atoms with van der Waals surface area (Å²) in [7, 11) is 0. The lowest BCUT2D eigenvalue weighted by molar-refractivity contribution is 0.0918. The highest BCUT2D eigenvalue weighted by molar-refractivity contribution is 5.97. The molecule has 0 atom stereocenters. The summed E-state index contributed by atoms with van der Waals surface area (Å²) in [6, 6.07) is 3.90. The lowest BCUT2D eigenvalue weighted by Gasteiger charge is -2.38. The smallest absolute Gasteiger partial charge is 0.163 e. The molecule has 3 aliphatic carbocycles. The Bertz CT molecular complexity index is 805. The second-order valence-corrected chi connectivity index (χ2v) is 12.6. The third-order valence-corrected chi connectivity index (χ3v) is 10.3. The van der Waals surface area contributed by atoms with E-state index >= 15 is 4.39 Å². The van der Waals surface area contributed by atoms with Crippen molar-refractivity contribution in [2.24, 2.45) is 29.6 Å². The maximum absolute atomic E-state index is 15.4. The van der Waals surface area contributed by atoms with Crippen molar-refractivity contribution in [1.29, 1.82) is 0 Å². The minimum atomic E-state index is -0.0998. The molecule has 2 heteroatoms. The van der Waals surface area contributed by atoms with Crippen LogP contribution in [0.4, 0.5) is 4.39 Å². The third kappa shape index (κ3) is 6.78. The maximum Gasteiger partial charge on any atom is 0.163 e. The number of rotatable bonds is 9. The molecular formula is C33H51FO. The van der Waals surface area contributed by atoms with Gasteiger partial charge in [0.2, 0.25) is 0 Å². The first-order valence-corrected chi connectivity index (χ1v) is 15.3. The Balaban J connectivity index is 1.27. The third-order valence-electron chi connectivity index (χ3n) is 10.3. The Hall–Kier alpha value is -1.18. The number of carbonyl (C=O) groups is 1. The van der Waals surface area contributed by atoms with Gasteiger partial charge in [-0.05, 0) is 118 Å². The highest BCUT2D eigenvalue weighted by Gasteiger charge is 2.32. The molecule has 0 unspecified atom stereocenters. The van der Waals surface area contributed by atoms with Gasteiger partial charge >= 0.3 is 0 Å². The lowest BCUT2D eigenvalue weighted by Crippen LogP contribution is -2.26. The molecule has 1 aromatic carbocycles. The summed E-state index contributed by atoms with van der Waals surface area (Å²) in [6.45, 7) is 6.41. The molecule has 3 aliphatic rings. The molecular weight excluding hydrogens is 431 g/mol. The second-order valence-electron chi connectivity index (χ2n) is 12.6. The zero-order valence-corrected chi connectivity index (χ0v) is 22.9. The predicted molar refractivity (Wildman–Crippen MR) is 145 cm³/mol. The number of ketones is 1. The van der Waals surface area contributed by atoms with Gasteiger partial charge in [0.05, 0.1) is 0 Å². The molecule has 196 valence electrons. The molecule has 0 N–H and O–H groups in total. The molecule has 0 aliphatic heterocycles. The second kappa shape index (κ2) is 12.9. The number of hydrogen-bond acceptors (Lipinski definition) is 1. The fourth-order valence-corrected chi connectivity index (χ4v) is 8.09. The van der Waals surface area contributed by atoms with Crippen LogP contribution in [0.15, 0.2) is 12.1 Å². The van der Waals surface area contributed by atoms with E-state index in [1.165, 1.54) is 89.9 Å². The quantitative estimate of drug-likeness (QED) is 0.320. The summed E-state index contributed by atoms with van der Waals surface area (Å²) in [5.74, 6) is 4.52. The van der Waals surface area contributed by atoms with E-state index in [1.54, 1.807) is 0 Å². The van der Waals surface area contributed by atoms with Crippen LogP contribution in [0.25, 0.3) is 0 Å². The highest BCUT2D eigenvalue weighted by atomic mass is 19.1. The number of benzene rings is 1. The average Bonchev–Trinajstić information content (AvgIpc) is 2.87. The van der Waals surface area contributed by atoms with Gasteiger partial charge in [-0.15, -0.1) is 0 Å². The van der Waals surface area contributed by atoms with E-state index in [1.807, 2.05) is 19.1 Å². The fraction of sp³-hybridized carbons (Fsp3) is 0.788. The zero-order chi connectivity index (χ0) is 24.8. The van der Waals surface area contributed by atoms with Gasteiger partial charge in [0.1, 0.15) is 5.82 Å². The SMILES string of the molecule is CCCC1CCC(c2ccc(C(=O)CC3CCC(C4CCC(CCC)CC4)CC3)c(C)c2F)CC1. The van der Waals surface area contributed by atoms with Crippen LogP contribution in [-0.4, -0.2) is 5.78 Å². The minimum absolute atomic E-state index is 0.0998. The Labute approximate surface area is 215 Å². The largest absolute Gasteiger partial charge is 0.294 e. The van der Waals surface area contributed by atoms with Gasteiger partial charge in [-0.3, -0.25) is 4.79 Å². The van der Waals surface area contributed by atoms with E-state index in [0.717, 1.165) is 42.1 Å². The van der Waals surface area contributed by atoms with E-state index in [9.17, 15) is 4.79 Å². The molecule has 0 aromatic heterocycles. The van der Waals surface area contributed by atoms with Gasteiger partial charge < -0.3 is 0 Å². The highest BCUT2D eigenvalue weighted by Crippen LogP contribution is 2.43. The molecule has 35 heavy (non-hydrogen) atoms. The lowest BCUT2D eigenvalue weighted by atomic mass is 9.68. The van der Waals surface area contributed by atoms with E-state index in [2.05, 4.69) is 13.8 Å². The van der Waals surface area contributed by atoms with Gasteiger partial charge in [0.25, 0.3) is 0 Å². The molecule has 0 saturated heterocycles. The molecule has 3 saturated carbocycles. The average molecular weight is 483 g/mol. The van der Waals surface area contributed by atoms with Crippen LogP contribution in [0.1, 0.15) is 150 Å². The van der Waals surface area contributed by atoms with Crippen molar-refractivity contribution >= 4 is 5.78 Å². The Morgan fingerprint density at radius 3 is 1.74 bits per heavy atom. The first-order chi connectivity index (χ1) is 17.0. The topological polar surface area (TPSA) is 17.1 Å². The number of Topliss-reactive ketones (excluding diaryl/α,β-unsaturated/α-hetero) is 1. The first-order valence-electron chi connectivity index (χ1n) is 15.3. The van der Waals surface area contributed by atoms with Crippen molar-refractivity contribution in [2.75, 3.05) is 0 Å². The van der Waals surface area contributed by atoms with Crippen molar-refractivity contribution in [3.05, 3.63) is 34.6 Å². The molecule has 0 heterocycles. The molecule has 1 aromatic rings. The minimum Gasteiger partial charge on any atom is -0.294 e. The van der Waals surface area contributed by atoms with E-state index in [-0.39, 0.29) is 11.6 Å². The Kier molecular flexibility index (Phi) is 9.88. The van der Waals surface area contributed by atoms with Crippen molar-refractivity contribution < 1.29 is 9.18 Å². The molecule has 0 spiro atoms. The number of halogens is 1. The Morgan fingerprint density at radius 1 is 0.743 bits per heavy atom. The van der Waals surface area contributed by atoms with Crippen molar-refractivity contribution in [3.63, 3.8) is 0 Å². The standard InChI is InChI=1S/C33H51FO/c1-4-6-24-8-14-27(15-9-24)28-16-12-26(13-17-28)22-32(35)30-20-21-31(33(34)23(30)3)29-18-10-25(7-5-2)11-19-29/h20-21,24-29H,4-19,22H2,1-3H3. The summed E-state index contributed by atoms with van der Waals surface area (Å²) in [5.41, 5.74) is 2.10. The van der Waals surface area contributed by atoms with Crippen LogP contribution in [-0.2, 0) is 0 Å². The predicted octanol–water partition coefficient (Wildman–Crippen LogP) is 10.2. The number of carbonyl (C=O) groups excluding carboxylic acids is 1. The van der Waals surface area contributed by atoms with Gasteiger partial charge in [0.15, 0.2) is 5.78 Å². The van der Waals surface area contributed by atoms with Crippen LogP contribution in [0.5, 0.6) is 0 Å². The van der Waals surface area contributed by atoms with E-state index in [4.69, 9.17) is 0 Å².